The van der Waals surface area contributed by atoms with Crippen LogP contribution in [0, 0.1) is 6.92 Å². The minimum Gasteiger partial charge on any atom is -0.508 e. The Morgan fingerprint density at radius 3 is 2.22 bits per heavy atom. The van der Waals surface area contributed by atoms with E-state index >= 15 is 0 Å². The van der Waals surface area contributed by atoms with Crippen molar-refractivity contribution in [1.29, 1.82) is 0 Å². The number of rotatable bonds is 3. The number of aromatic hydroxyl groups is 1. The van der Waals surface area contributed by atoms with Gasteiger partial charge in [-0.25, -0.2) is 8.42 Å². The van der Waals surface area contributed by atoms with Crippen LogP contribution in [-0.4, -0.2) is 13.5 Å². The Labute approximate surface area is 107 Å². The van der Waals surface area contributed by atoms with Crippen LogP contribution in [0.4, 0.5) is 0 Å². The average molecular weight is 262 g/mol. The van der Waals surface area contributed by atoms with Crippen molar-refractivity contribution in [2.75, 3.05) is 0 Å². The number of phenols is 1. The molecule has 0 heterocycles. The highest BCUT2D eigenvalue weighted by molar-refractivity contribution is 7.90. The summed E-state index contributed by atoms with van der Waals surface area (Å²) in [6.07, 6.45) is 0. The highest BCUT2D eigenvalue weighted by Crippen LogP contribution is 2.22. The minimum atomic E-state index is -3.41. The zero-order valence-corrected chi connectivity index (χ0v) is 10.8. The second-order valence-electron chi connectivity index (χ2n) is 4.20. The van der Waals surface area contributed by atoms with Crippen LogP contribution < -0.4 is 0 Å². The highest BCUT2D eigenvalue weighted by atomic mass is 32.2. The van der Waals surface area contributed by atoms with Crippen LogP contribution in [-0.2, 0) is 15.6 Å². The summed E-state index contributed by atoms with van der Waals surface area (Å²) in [5.74, 6) is -0.184. The lowest BCUT2D eigenvalue weighted by Crippen LogP contribution is -2.05. The van der Waals surface area contributed by atoms with E-state index in [9.17, 15) is 13.5 Å². The molecule has 1 N–H and O–H groups in total. The topological polar surface area (TPSA) is 54.4 Å². The van der Waals surface area contributed by atoms with E-state index in [0.717, 1.165) is 5.56 Å². The smallest absolute Gasteiger partial charge is 0.182 e. The Kier molecular flexibility index (Phi) is 3.39. The second-order valence-corrected chi connectivity index (χ2v) is 6.19. The zero-order valence-electron chi connectivity index (χ0n) is 10.00. The molecule has 0 fully saturated rings. The van der Waals surface area contributed by atoms with Crippen LogP contribution >= 0.6 is 0 Å². The second kappa shape index (κ2) is 4.82. The first-order valence-electron chi connectivity index (χ1n) is 5.55. The quantitative estimate of drug-likeness (QED) is 0.925. The van der Waals surface area contributed by atoms with Crippen molar-refractivity contribution in [2.24, 2.45) is 0 Å². The van der Waals surface area contributed by atoms with Gasteiger partial charge in [-0.05, 0) is 25.1 Å². The Bertz CT molecular complexity index is 643. The Morgan fingerprint density at radius 1 is 1.00 bits per heavy atom. The zero-order chi connectivity index (χ0) is 13.2. The third-order valence-corrected chi connectivity index (χ3v) is 4.40. The Morgan fingerprint density at radius 2 is 1.61 bits per heavy atom. The highest BCUT2D eigenvalue weighted by Gasteiger charge is 2.16. The summed E-state index contributed by atoms with van der Waals surface area (Å²) >= 11 is 0. The maximum atomic E-state index is 12.2. The molecule has 94 valence electrons. The normalized spacial score (nSPS) is 11.4. The van der Waals surface area contributed by atoms with Gasteiger partial charge in [0.1, 0.15) is 5.75 Å². The SMILES string of the molecule is Cc1ccc(S(=O)(=O)Cc2ccccc2O)cc1. The van der Waals surface area contributed by atoms with Crippen LogP contribution in [0.1, 0.15) is 11.1 Å². The minimum absolute atomic E-state index is 0.00758. The summed E-state index contributed by atoms with van der Waals surface area (Å²) in [5, 5.41) is 9.60. The molecule has 18 heavy (non-hydrogen) atoms. The average Bonchev–Trinajstić information content (AvgIpc) is 2.32. The summed E-state index contributed by atoms with van der Waals surface area (Å²) in [5.41, 5.74) is 1.43. The van der Waals surface area contributed by atoms with Crippen molar-refractivity contribution in [2.45, 2.75) is 17.6 Å². The maximum Gasteiger partial charge on any atom is 0.182 e. The van der Waals surface area contributed by atoms with Gasteiger partial charge in [0.2, 0.25) is 0 Å². The number of aryl methyl sites for hydroxylation is 1. The van der Waals surface area contributed by atoms with E-state index in [-0.39, 0.29) is 16.4 Å². The third kappa shape index (κ3) is 2.71. The monoisotopic (exact) mass is 262 g/mol. The number of hydrogen-bond donors (Lipinski definition) is 1. The molecule has 4 heteroatoms. The van der Waals surface area contributed by atoms with E-state index < -0.39 is 9.84 Å². The molecule has 0 aliphatic rings. The van der Waals surface area contributed by atoms with E-state index in [2.05, 4.69) is 0 Å². The van der Waals surface area contributed by atoms with Gasteiger partial charge in [-0.2, -0.15) is 0 Å². The van der Waals surface area contributed by atoms with E-state index in [1.807, 2.05) is 6.92 Å². The van der Waals surface area contributed by atoms with Crippen LogP contribution in [0.2, 0.25) is 0 Å². The Hall–Kier alpha value is -1.81. The van der Waals surface area contributed by atoms with Crippen LogP contribution in [0.15, 0.2) is 53.4 Å². The molecule has 2 rings (SSSR count). The third-order valence-electron chi connectivity index (χ3n) is 2.72. The van der Waals surface area contributed by atoms with Crippen molar-refractivity contribution < 1.29 is 13.5 Å². The van der Waals surface area contributed by atoms with Crippen LogP contribution in [0.5, 0.6) is 5.75 Å². The lowest BCUT2D eigenvalue weighted by atomic mass is 10.2. The molecule has 2 aromatic carbocycles. The molecule has 0 aliphatic heterocycles. The van der Waals surface area contributed by atoms with Gasteiger partial charge in [0, 0.05) is 5.56 Å². The molecule has 0 unspecified atom stereocenters. The predicted octanol–water partition coefficient (Wildman–Crippen LogP) is 2.67. The molecule has 0 aromatic heterocycles. The van der Waals surface area contributed by atoms with Crippen molar-refractivity contribution in [3.63, 3.8) is 0 Å². The lowest BCUT2D eigenvalue weighted by molar-refractivity contribution is 0.469. The van der Waals surface area contributed by atoms with Gasteiger partial charge in [0.25, 0.3) is 0 Å². The molecule has 0 saturated heterocycles. The number of para-hydroxylation sites is 1. The van der Waals surface area contributed by atoms with Crippen LogP contribution in [0.25, 0.3) is 0 Å². The molecule has 0 atom stereocenters. The van der Waals surface area contributed by atoms with Gasteiger partial charge in [0.15, 0.2) is 9.84 Å². The van der Waals surface area contributed by atoms with E-state index in [1.54, 1.807) is 42.5 Å². The molecular weight excluding hydrogens is 248 g/mol. The largest absolute Gasteiger partial charge is 0.508 e. The fourth-order valence-electron chi connectivity index (χ4n) is 1.67. The summed E-state index contributed by atoms with van der Waals surface area (Å²) in [6.45, 7) is 1.90. The number of phenolic OH excluding ortho intramolecular Hbond substituents is 1. The molecule has 0 bridgehead atoms. The van der Waals surface area contributed by atoms with Gasteiger partial charge in [-0.1, -0.05) is 35.9 Å². The predicted molar refractivity (Wildman–Crippen MR) is 70.2 cm³/mol. The van der Waals surface area contributed by atoms with E-state index in [1.165, 1.54) is 6.07 Å². The Balaban J connectivity index is 2.33. The van der Waals surface area contributed by atoms with Gasteiger partial charge in [-0.3, -0.25) is 0 Å². The fourth-order valence-corrected chi connectivity index (χ4v) is 3.04. The lowest BCUT2D eigenvalue weighted by Gasteiger charge is -2.06. The molecule has 0 amide bonds. The van der Waals surface area contributed by atoms with E-state index in [0.29, 0.717) is 5.56 Å². The summed E-state index contributed by atoms with van der Waals surface area (Å²) in [7, 11) is -3.41. The van der Waals surface area contributed by atoms with Gasteiger partial charge in [0.05, 0.1) is 10.6 Å². The molecule has 0 aliphatic carbocycles. The van der Waals surface area contributed by atoms with Crippen molar-refractivity contribution in [1.82, 2.24) is 0 Å². The molecule has 0 saturated carbocycles. The van der Waals surface area contributed by atoms with Gasteiger partial charge in [-0.15, -0.1) is 0 Å². The summed E-state index contributed by atoms with van der Waals surface area (Å²) in [6, 6.07) is 13.2. The number of hydrogen-bond acceptors (Lipinski definition) is 3. The maximum absolute atomic E-state index is 12.2. The first-order valence-corrected chi connectivity index (χ1v) is 7.20. The first-order chi connectivity index (χ1) is 8.49. The van der Waals surface area contributed by atoms with Gasteiger partial charge >= 0.3 is 0 Å². The van der Waals surface area contributed by atoms with Crippen LogP contribution in [0.3, 0.4) is 0 Å². The van der Waals surface area contributed by atoms with Gasteiger partial charge < -0.3 is 5.11 Å². The molecule has 0 spiro atoms. The number of sulfone groups is 1. The summed E-state index contributed by atoms with van der Waals surface area (Å²) in [4.78, 5) is 0.274. The van der Waals surface area contributed by atoms with Crippen molar-refractivity contribution >= 4 is 9.84 Å². The standard InChI is InChI=1S/C14H14O3S/c1-11-6-8-13(9-7-11)18(16,17)10-12-4-2-3-5-14(12)15/h2-9,15H,10H2,1H3. The molecule has 3 nitrogen and oxygen atoms in total. The van der Waals surface area contributed by atoms with Crippen molar-refractivity contribution in [3.8, 4) is 5.75 Å². The molecule has 0 radical (unpaired) electrons. The van der Waals surface area contributed by atoms with E-state index in [4.69, 9.17) is 0 Å². The van der Waals surface area contributed by atoms with Crippen molar-refractivity contribution in [3.05, 3.63) is 59.7 Å². The molecular formula is C14H14O3S. The number of benzene rings is 2. The summed E-state index contributed by atoms with van der Waals surface area (Å²) < 4.78 is 24.3. The fraction of sp³-hybridized carbons (Fsp3) is 0.143. The first kappa shape index (κ1) is 12.6. The molecule has 2 aromatic rings.